The van der Waals surface area contributed by atoms with Gasteiger partial charge in [0.15, 0.2) is 0 Å². The van der Waals surface area contributed by atoms with Gasteiger partial charge in [-0.1, -0.05) is 17.7 Å². The number of nitrogens with zero attached hydrogens (tertiary/aromatic N) is 3. The number of hydrogen-bond acceptors (Lipinski definition) is 7. The summed E-state index contributed by atoms with van der Waals surface area (Å²) < 4.78 is 48.1. The molecular formula is C23H19ClFN5O5S. The number of nitrogens with one attached hydrogen (secondary N) is 1. The Morgan fingerprint density at radius 1 is 1.17 bits per heavy atom. The summed E-state index contributed by atoms with van der Waals surface area (Å²) in [5.74, 6) is -1.24. The largest absolute Gasteiger partial charge is 0.480 e. The van der Waals surface area contributed by atoms with E-state index in [0.29, 0.717) is 16.6 Å². The van der Waals surface area contributed by atoms with Crippen molar-refractivity contribution in [3.05, 3.63) is 76.2 Å². The molecule has 2 heterocycles. The number of rotatable bonds is 8. The van der Waals surface area contributed by atoms with E-state index in [1.807, 2.05) is 0 Å². The van der Waals surface area contributed by atoms with Gasteiger partial charge in [0.2, 0.25) is 11.8 Å². The lowest BCUT2D eigenvalue weighted by Crippen LogP contribution is -2.23. The van der Waals surface area contributed by atoms with Gasteiger partial charge in [0, 0.05) is 24.7 Å². The van der Waals surface area contributed by atoms with Crippen molar-refractivity contribution >= 4 is 44.1 Å². The molecule has 0 aliphatic carbocycles. The fourth-order valence-electron chi connectivity index (χ4n) is 3.47. The van der Waals surface area contributed by atoms with Crippen LogP contribution in [0.5, 0.6) is 5.88 Å². The fourth-order valence-corrected chi connectivity index (χ4v) is 5.05. The number of aryl methyl sites for hydroxylation is 1. The van der Waals surface area contributed by atoms with Crippen molar-refractivity contribution in [2.45, 2.75) is 17.9 Å². The van der Waals surface area contributed by atoms with Crippen LogP contribution in [0.2, 0.25) is 5.02 Å². The number of hydrogen-bond donors (Lipinski definition) is 2. The maximum atomic E-state index is 13.4. The van der Waals surface area contributed by atoms with Crippen molar-refractivity contribution in [1.29, 1.82) is 0 Å². The number of methoxy groups -OCH3 is 1. The molecule has 0 saturated carbocycles. The number of pyridine rings is 1. The van der Waals surface area contributed by atoms with Gasteiger partial charge in [0.05, 0.1) is 29.4 Å². The fraction of sp³-hybridized carbons (Fsp3) is 0.130. The third-order valence-corrected chi connectivity index (χ3v) is 7.08. The Morgan fingerprint density at radius 3 is 2.64 bits per heavy atom. The second-order valence-electron chi connectivity index (χ2n) is 7.65. The summed E-state index contributed by atoms with van der Waals surface area (Å²) in [4.78, 5) is 32.1. The average Bonchev–Trinajstić information content (AvgIpc) is 2.83. The minimum absolute atomic E-state index is 0.000504. The number of carbonyl (C=O) groups is 1. The molecule has 3 N–H and O–H groups in total. The molecule has 4 rings (SSSR count). The molecule has 0 fully saturated rings. The van der Waals surface area contributed by atoms with Gasteiger partial charge in [-0.25, -0.2) is 22.8 Å². The topological polar surface area (TPSA) is 146 Å². The predicted molar refractivity (Wildman–Crippen MR) is 132 cm³/mol. The number of amides is 1. The minimum atomic E-state index is -4.22. The van der Waals surface area contributed by atoms with E-state index < -0.39 is 21.7 Å². The molecule has 2 aromatic heterocycles. The molecular weight excluding hydrogens is 513 g/mol. The smallest absolute Gasteiger partial charge is 0.263 e. The van der Waals surface area contributed by atoms with Crippen LogP contribution in [-0.4, -0.2) is 36.0 Å². The number of anilines is 1. The quantitative estimate of drug-likeness (QED) is 0.355. The van der Waals surface area contributed by atoms with Gasteiger partial charge in [-0.05, 0) is 42.0 Å². The first kappa shape index (κ1) is 25.1. The second-order valence-corrected chi connectivity index (χ2v) is 9.71. The highest BCUT2D eigenvalue weighted by Gasteiger charge is 2.21. The molecule has 0 aliphatic heterocycles. The summed E-state index contributed by atoms with van der Waals surface area (Å²) in [6.45, 7) is 0.0866. The van der Waals surface area contributed by atoms with E-state index in [9.17, 15) is 22.4 Å². The highest BCUT2D eigenvalue weighted by molar-refractivity contribution is 7.92. The molecule has 0 atom stereocenters. The van der Waals surface area contributed by atoms with Crippen molar-refractivity contribution in [1.82, 2.24) is 14.5 Å². The van der Waals surface area contributed by atoms with Gasteiger partial charge in [0.1, 0.15) is 16.4 Å². The number of benzene rings is 2. The Morgan fingerprint density at radius 2 is 1.94 bits per heavy atom. The van der Waals surface area contributed by atoms with Crippen molar-refractivity contribution in [3.8, 4) is 17.0 Å². The number of carbonyl (C=O) groups excluding carboxylic acids is 1. The number of nitrogens with two attached hydrogens (primary N) is 1. The Labute approximate surface area is 209 Å². The molecule has 0 bridgehead atoms. The molecule has 36 heavy (non-hydrogen) atoms. The molecule has 0 spiro atoms. The first-order chi connectivity index (χ1) is 17.1. The van der Waals surface area contributed by atoms with E-state index in [4.69, 9.17) is 22.1 Å². The zero-order chi connectivity index (χ0) is 26.0. The first-order valence-corrected chi connectivity index (χ1v) is 12.2. The number of sulfonamides is 1. The van der Waals surface area contributed by atoms with Crippen LogP contribution in [0.1, 0.15) is 6.42 Å². The maximum Gasteiger partial charge on any atom is 0.263 e. The van der Waals surface area contributed by atoms with Gasteiger partial charge in [-0.15, -0.1) is 0 Å². The predicted octanol–water partition coefficient (Wildman–Crippen LogP) is 2.94. The van der Waals surface area contributed by atoms with Gasteiger partial charge in [0.25, 0.3) is 15.6 Å². The van der Waals surface area contributed by atoms with Crippen molar-refractivity contribution in [3.63, 3.8) is 0 Å². The Hall–Kier alpha value is -4.03. The molecule has 10 nitrogen and oxygen atoms in total. The summed E-state index contributed by atoms with van der Waals surface area (Å²) in [5, 5.41) is -0.00395. The van der Waals surface area contributed by atoms with E-state index in [0.717, 1.165) is 18.2 Å². The summed E-state index contributed by atoms with van der Waals surface area (Å²) in [6.07, 6.45) is 2.77. The number of ether oxygens (including phenoxy) is 1. The zero-order valence-corrected chi connectivity index (χ0v) is 20.3. The van der Waals surface area contributed by atoms with E-state index in [1.54, 1.807) is 18.2 Å². The van der Waals surface area contributed by atoms with Crippen LogP contribution in [0.3, 0.4) is 0 Å². The van der Waals surface area contributed by atoms with E-state index in [2.05, 4.69) is 14.7 Å². The Bertz CT molecular complexity index is 1660. The lowest BCUT2D eigenvalue weighted by molar-refractivity contribution is -0.118. The van der Waals surface area contributed by atoms with Crippen molar-refractivity contribution < 1.29 is 22.3 Å². The van der Waals surface area contributed by atoms with E-state index >= 15 is 0 Å². The van der Waals surface area contributed by atoms with Gasteiger partial charge < -0.3 is 10.5 Å². The van der Waals surface area contributed by atoms with E-state index in [1.165, 1.54) is 30.3 Å². The summed E-state index contributed by atoms with van der Waals surface area (Å²) >= 11 is 5.93. The standard InChI is InChI=1S/C23H19ClFN5O5S/c1-35-22-19(29-36(33,34)20-5-3-15(25)10-17(20)24)9-14(11-27-22)13-2-4-18-16(8-13)23(32)30(12-28-18)7-6-21(26)31/h2-5,8-12,29H,6-7H2,1H3,(H2,26,31). The van der Waals surface area contributed by atoms with Crippen LogP contribution >= 0.6 is 11.6 Å². The number of aromatic nitrogens is 3. The highest BCUT2D eigenvalue weighted by Crippen LogP contribution is 2.32. The van der Waals surface area contributed by atoms with Crippen molar-refractivity contribution in [2.75, 3.05) is 11.8 Å². The minimum Gasteiger partial charge on any atom is -0.480 e. The molecule has 13 heteroatoms. The number of halogens is 2. The molecule has 4 aromatic rings. The van der Waals surface area contributed by atoms with Crippen LogP contribution in [0.25, 0.3) is 22.0 Å². The molecule has 186 valence electrons. The molecule has 0 aliphatic rings. The SMILES string of the molecule is COc1ncc(-c2ccc3ncn(CCC(N)=O)c(=O)c3c2)cc1NS(=O)(=O)c1ccc(F)cc1Cl. The average molecular weight is 532 g/mol. The van der Waals surface area contributed by atoms with Gasteiger partial charge >= 0.3 is 0 Å². The van der Waals surface area contributed by atoms with E-state index in [-0.39, 0.29) is 45.4 Å². The zero-order valence-electron chi connectivity index (χ0n) is 18.7. The normalized spacial score (nSPS) is 11.4. The van der Waals surface area contributed by atoms with Crippen LogP contribution in [-0.2, 0) is 21.4 Å². The highest BCUT2D eigenvalue weighted by atomic mass is 35.5. The molecule has 0 radical (unpaired) electrons. The monoisotopic (exact) mass is 531 g/mol. The molecule has 0 unspecified atom stereocenters. The summed E-state index contributed by atoms with van der Waals surface area (Å²) in [6, 6.07) is 9.31. The van der Waals surface area contributed by atoms with Gasteiger partial charge in [-0.2, -0.15) is 0 Å². The van der Waals surface area contributed by atoms with Gasteiger partial charge in [-0.3, -0.25) is 18.9 Å². The Kier molecular flexibility index (Phi) is 6.91. The lowest BCUT2D eigenvalue weighted by Gasteiger charge is -2.14. The van der Waals surface area contributed by atoms with Crippen LogP contribution in [0.4, 0.5) is 10.1 Å². The summed E-state index contributed by atoms with van der Waals surface area (Å²) in [7, 11) is -2.90. The molecule has 0 saturated heterocycles. The first-order valence-electron chi connectivity index (χ1n) is 10.4. The maximum absolute atomic E-state index is 13.4. The third-order valence-electron chi connectivity index (χ3n) is 5.23. The lowest BCUT2D eigenvalue weighted by atomic mass is 10.1. The van der Waals surface area contributed by atoms with Crippen LogP contribution in [0.15, 0.2) is 64.7 Å². The molecule has 2 aromatic carbocycles. The van der Waals surface area contributed by atoms with Crippen LogP contribution < -0.4 is 20.8 Å². The second kappa shape index (κ2) is 9.91. The van der Waals surface area contributed by atoms with Crippen molar-refractivity contribution in [2.24, 2.45) is 5.73 Å². The Balaban J connectivity index is 1.75. The summed E-state index contributed by atoms with van der Waals surface area (Å²) in [5.41, 5.74) is 6.26. The van der Waals surface area contributed by atoms with Crippen LogP contribution in [0, 0.1) is 5.82 Å². The molecule has 1 amide bonds. The number of fused-ring (bicyclic) bond motifs is 1. The number of primary amides is 1. The third kappa shape index (κ3) is 5.14.